The molecule has 2 aromatic rings. The second kappa shape index (κ2) is 10.2. The van der Waals surface area contributed by atoms with E-state index >= 15 is 0 Å². The monoisotopic (exact) mass is 384 g/mol. The zero-order valence-electron chi connectivity index (χ0n) is 17.0. The molecule has 0 aliphatic carbocycles. The lowest BCUT2D eigenvalue weighted by Gasteiger charge is -2.27. The Morgan fingerprint density at radius 2 is 1.50 bits per heavy atom. The Kier molecular flexibility index (Phi) is 8.03. The smallest absolute Gasteiger partial charge is 0.407 e. The van der Waals surface area contributed by atoms with E-state index < -0.39 is 23.8 Å². The van der Waals surface area contributed by atoms with E-state index in [1.807, 2.05) is 81.4 Å². The van der Waals surface area contributed by atoms with Gasteiger partial charge in [0.15, 0.2) is 0 Å². The van der Waals surface area contributed by atoms with Crippen molar-refractivity contribution >= 4 is 6.09 Å². The first-order chi connectivity index (χ1) is 13.2. The number of benzene rings is 2. The normalized spacial score (nSPS) is 14.8. The van der Waals surface area contributed by atoms with Gasteiger partial charge in [0.1, 0.15) is 5.60 Å². The summed E-state index contributed by atoms with van der Waals surface area (Å²) in [6.07, 6.45) is 0.283. The zero-order chi connectivity index (χ0) is 20.6. The summed E-state index contributed by atoms with van der Waals surface area (Å²) in [7, 11) is 0. The molecule has 5 heteroatoms. The number of ether oxygens (including phenoxy) is 1. The van der Waals surface area contributed by atoms with Crippen LogP contribution in [-0.4, -0.2) is 35.0 Å². The average Bonchev–Trinajstić information content (AvgIpc) is 2.61. The number of amides is 1. The lowest BCUT2D eigenvalue weighted by molar-refractivity contribution is 0.0475. The van der Waals surface area contributed by atoms with Gasteiger partial charge in [-0.3, -0.25) is 0 Å². The number of carbonyl (C=O) groups is 1. The lowest BCUT2D eigenvalue weighted by atomic mass is 9.94. The van der Waals surface area contributed by atoms with Gasteiger partial charge in [-0.25, -0.2) is 4.79 Å². The Hall–Kier alpha value is -2.37. The van der Waals surface area contributed by atoms with Crippen LogP contribution in [0.15, 0.2) is 60.7 Å². The van der Waals surface area contributed by atoms with E-state index in [0.717, 1.165) is 11.1 Å². The summed E-state index contributed by atoms with van der Waals surface area (Å²) in [5.74, 6) is 0. The highest BCUT2D eigenvalue weighted by Crippen LogP contribution is 2.14. The molecule has 3 atom stereocenters. The molecule has 0 heterocycles. The minimum Gasteiger partial charge on any atom is -0.444 e. The molecule has 2 aromatic carbocycles. The molecule has 2 rings (SSSR count). The molecular formula is C23H32N2O3. The van der Waals surface area contributed by atoms with Gasteiger partial charge in [0.2, 0.25) is 0 Å². The van der Waals surface area contributed by atoms with Crippen molar-refractivity contribution in [3.8, 4) is 0 Å². The molecule has 0 spiro atoms. The summed E-state index contributed by atoms with van der Waals surface area (Å²) >= 11 is 0. The Bertz CT molecular complexity index is 714. The summed E-state index contributed by atoms with van der Waals surface area (Å²) in [5, 5.41) is 13.6. The van der Waals surface area contributed by atoms with E-state index in [1.165, 1.54) is 0 Å². The Labute approximate surface area is 167 Å². The molecule has 0 fully saturated rings. The third kappa shape index (κ3) is 8.11. The molecule has 1 amide bonds. The maximum atomic E-state index is 12.3. The van der Waals surface area contributed by atoms with Crippen LogP contribution in [0.1, 0.15) is 38.3 Å². The Balaban J connectivity index is 2.01. The maximum absolute atomic E-state index is 12.3. The Morgan fingerprint density at radius 3 is 2.00 bits per heavy atom. The van der Waals surface area contributed by atoms with Gasteiger partial charge in [-0.2, -0.15) is 0 Å². The molecular weight excluding hydrogens is 352 g/mol. The summed E-state index contributed by atoms with van der Waals surface area (Å²) in [4.78, 5) is 12.3. The third-order valence-electron chi connectivity index (χ3n) is 4.38. The van der Waals surface area contributed by atoms with Crippen LogP contribution in [0.25, 0.3) is 0 Å². The molecule has 152 valence electrons. The second-order valence-electron chi connectivity index (χ2n) is 8.19. The van der Waals surface area contributed by atoms with E-state index in [1.54, 1.807) is 0 Å². The van der Waals surface area contributed by atoms with Crippen LogP contribution >= 0.6 is 0 Å². The highest BCUT2D eigenvalue weighted by molar-refractivity contribution is 5.68. The second-order valence-corrected chi connectivity index (χ2v) is 8.19. The highest BCUT2D eigenvalue weighted by Gasteiger charge is 2.24. The van der Waals surface area contributed by atoms with Crippen LogP contribution in [0.5, 0.6) is 0 Å². The van der Waals surface area contributed by atoms with Crippen molar-refractivity contribution in [2.75, 3.05) is 0 Å². The molecule has 0 radical (unpaired) electrons. The van der Waals surface area contributed by atoms with Crippen LogP contribution in [0.2, 0.25) is 0 Å². The van der Waals surface area contributed by atoms with Gasteiger partial charge < -0.3 is 20.9 Å². The van der Waals surface area contributed by atoms with Crippen LogP contribution in [0.4, 0.5) is 4.79 Å². The molecule has 0 aliphatic heterocycles. The van der Waals surface area contributed by atoms with Crippen LogP contribution in [0, 0.1) is 0 Å². The van der Waals surface area contributed by atoms with Crippen LogP contribution < -0.4 is 11.1 Å². The maximum Gasteiger partial charge on any atom is 0.407 e. The van der Waals surface area contributed by atoms with Crippen molar-refractivity contribution in [1.29, 1.82) is 0 Å². The summed E-state index contributed by atoms with van der Waals surface area (Å²) in [5.41, 5.74) is 7.80. The largest absolute Gasteiger partial charge is 0.444 e. The minimum atomic E-state index is -0.746. The molecule has 5 nitrogen and oxygen atoms in total. The number of carbonyl (C=O) groups excluding carboxylic acids is 1. The van der Waals surface area contributed by atoms with Gasteiger partial charge in [0.25, 0.3) is 0 Å². The molecule has 28 heavy (non-hydrogen) atoms. The third-order valence-corrected chi connectivity index (χ3v) is 4.38. The van der Waals surface area contributed by atoms with Gasteiger partial charge in [0, 0.05) is 12.1 Å². The fraction of sp³-hybridized carbons (Fsp3) is 0.435. The van der Waals surface area contributed by atoms with Crippen molar-refractivity contribution in [2.24, 2.45) is 5.73 Å². The van der Waals surface area contributed by atoms with E-state index in [9.17, 15) is 9.90 Å². The molecule has 0 aliphatic rings. The fourth-order valence-electron chi connectivity index (χ4n) is 3.05. The van der Waals surface area contributed by atoms with E-state index in [4.69, 9.17) is 10.5 Å². The van der Waals surface area contributed by atoms with Crippen molar-refractivity contribution in [2.45, 2.75) is 63.8 Å². The molecule has 4 N–H and O–H groups in total. The lowest BCUT2D eigenvalue weighted by Crippen LogP contribution is -2.46. The Morgan fingerprint density at radius 1 is 1.00 bits per heavy atom. The number of nitrogens with two attached hydrogens (primary N) is 1. The SMILES string of the molecule is CC(C)(C)OC(=O)N[C@@H](Cc1ccccc1)C[C@@H](O)[C@H](N)Cc1ccccc1. The number of alkyl carbamates (subject to hydrolysis) is 1. The fourth-order valence-corrected chi connectivity index (χ4v) is 3.05. The number of hydrogen-bond donors (Lipinski definition) is 3. The van der Waals surface area contributed by atoms with Gasteiger partial charge >= 0.3 is 6.09 Å². The summed E-state index contributed by atoms with van der Waals surface area (Å²) in [6, 6.07) is 19.0. The van der Waals surface area contributed by atoms with Crippen molar-refractivity contribution < 1.29 is 14.6 Å². The molecule has 0 unspecified atom stereocenters. The zero-order valence-corrected chi connectivity index (χ0v) is 17.0. The summed E-state index contributed by atoms with van der Waals surface area (Å²) < 4.78 is 5.38. The topological polar surface area (TPSA) is 84.6 Å². The van der Waals surface area contributed by atoms with E-state index in [-0.39, 0.29) is 6.04 Å². The minimum absolute atomic E-state index is 0.283. The van der Waals surface area contributed by atoms with Crippen LogP contribution in [-0.2, 0) is 17.6 Å². The number of nitrogens with one attached hydrogen (secondary N) is 1. The average molecular weight is 385 g/mol. The number of aliphatic hydroxyl groups is 1. The first kappa shape index (κ1) is 21.9. The van der Waals surface area contributed by atoms with Gasteiger partial charge in [-0.05, 0) is 51.2 Å². The number of hydrogen-bond acceptors (Lipinski definition) is 4. The first-order valence-electron chi connectivity index (χ1n) is 9.74. The predicted octanol–water partition coefficient (Wildman–Crippen LogP) is 3.44. The van der Waals surface area contributed by atoms with Crippen molar-refractivity contribution in [3.05, 3.63) is 71.8 Å². The van der Waals surface area contributed by atoms with Gasteiger partial charge in [-0.15, -0.1) is 0 Å². The van der Waals surface area contributed by atoms with Crippen molar-refractivity contribution in [3.63, 3.8) is 0 Å². The van der Waals surface area contributed by atoms with E-state index in [0.29, 0.717) is 19.3 Å². The number of aliphatic hydroxyl groups excluding tert-OH is 1. The van der Waals surface area contributed by atoms with Gasteiger partial charge in [-0.1, -0.05) is 60.7 Å². The standard InChI is InChI=1S/C23H32N2O3/c1-23(2,3)28-22(27)25-19(14-17-10-6-4-7-11-17)16-21(26)20(24)15-18-12-8-5-9-13-18/h4-13,19-21,26H,14-16,24H2,1-3H3,(H,25,27)/t19-,20+,21+/m0/s1. The molecule has 0 aromatic heterocycles. The van der Waals surface area contributed by atoms with Crippen LogP contribution in [0.3, 0.4) is 0 Å². The molecule has 0 saturated carbocycles. The number of rotatable bonds is 8. The van der Waals surface area contributed by atoms with E-state index in [2.05, 4.69) is 5.32 Å². The highest BCUT2D eigenvalue weighted by atomic mass is 16.6. The quantitative estimate of drug-likeness (QED) is 0.651. The van der Waals surface area contributed by atoms with Crippen molar-refractivity contribution in [1.82, 2.24) is 5.32 Å². The molecule has 0 saturated heterocycles. The summed E-state index contributed by atoms with van der Waals surface area (Å²) in [6.45, 7) is 5.47. The predicted molar refractivity (Wildman–Crippen MR) is 112 cm³/mol. The first-order valence-corrected chi connectivity index (χ1v) is 9.74. The van der Waals surface area contributed by atoms with Gasteiger partial charge in [0.05, 0.1) is 6.10 Å². The molecule has 0 bridgehead atoms.